The highest BCUT2D eigenvalue weighted by molar-refractivity contribution is 7.75. The molecular formula is C39H47ClN5O5S-. The summed E-state index contributed by atoms with van der Waals surface area (Å²) >= 11 is 6.45. The van der Waals surface area contributed by atoms with E-state index in [2.05, 4.69) is 44.0 Å². The molecule has 3 heterocycles. The molecule has 2 amide bonds. The molecule has 7 rings (SSSR count). The van der Waals surface area contributed by atoms with Crippen molar-refractivity contribution in [2.24, 2.45) is 29.2 Å². The van der Waals surface area contributed by atoms with Crippen LogP contribution in [0.4, 0.5) is 5.69 Å². The number of allylic oxidation sites excluding steroid dienone is 1. The number of nitrogens with one attached hydrogen (secondary N) is 1. The van der Waals surface area contributed by atoms with Gasteiger partial charge in [-0.3, -0.25) is 14.3 Å². The summed E-state index contributed by atoms with van der Waals surface area (Å²) in [4.78, 5) is 29.3. The molecule has 1 fully saturated rings. The van der Waals surface area contributed by atoms with E-state index in [9.17, 15) is 13.8 Å². The molecule has 6 atom stereocenters. The monoisotopic (exact) mass is 732 g/mol. The molecule has 51 heavy (non-hydrogen) atoms. The lowest BCUT2D eigenvalue weighted by atomic mass is 9.68. The number of hydrogen-bond donors (Lipinski definition) is 1. The maximum atomic E-state index is 13.9. The van der Waals surface area contributed by atoms with Crippen LogP contribution in [-0.4, -0.2) is 59.9 Å². The normalized spacial score (nSPS) is 28.7. The van der Waals surface area contributed by atoms with Crippen molar-refractivity contribution in [2.45, 2.75) is 75.2 Å². The van der Waals surface area contributed by atoms with Crippen molar-refractivity contribution in [1.29, 1.82) is 0 Å². The number of aryl methyl sites for hydroxylation is 3. The Morgan fingerprint density at radius 1 is 1.22 bits per heavy atom. The summed E-state index contributed by atoms with van der Waals surface area (Å²) in [6.07, 6.45) is 14.1. The Labute approximate surface area is 307 Å². The van der Waals surface area contributed by atoms with Gasteiger partial charge in [-0.2, -0.15) is 15.7 Å². The third kappa shape index (κ3) is 7.62. The summed E-state index contributed by atoms with van der Waals surface area (Å²) in [6.45, 7) is 3.97. The predicted octanol–water partition coefficient (Wildman–Crippen LogP) is 6.55. The van der Waals surface area contributed by atoms with Crippen LogP contribution in [-0.2, 0) is 49.6 Å². The fourth-order valence-electron chi connectivity index (χ4n) is 8.40. The van der Waals surface area contributed by atoms with E-state index >= 15 is 0 Å². The van der Waals surface area contributed by atoms with Crippen molar-refractivity contribution in [3.05, 3.63) is 88.2 Å². The molecule has 1 N–H and O–H groups in total. The molecule has 2 aliphatic carbocycles. The number of anilines is 1. The van der Waals surface area contributed by atoms with Gasteiger partial charge in [0, 0.05) is 55.9 Å². The molecule has 1 aromatic heterocycles. The first-order valence-electron chi connectivity index (χ1n) is 18.1. The summed E-state index contributed by atoms with van der Waals surface area (Å²) in [5.74, 6) is 0.327. The maximum absolute atomic E-state index is 13.9. The summed E-state index contributed by atoms with van der Waals surface area (Å²) in [7, 11) is 1.56. The van der Waals surface area contributed by atoms with E-state index in [0.717, 1.165) is 67.2 Å². The lowest BCUT2D eigenvalue weighted by molar-refractivity contribution is -0.121. The predicted molar refractivity (Wildman–Crippen MR) is 198 cm³/mol. The van der Waals surface area contributed by atoms with Crippen LogP contribution >= 0.6 is 11.6 Å². The number of benzene rings is 2. The molecule has 2 aliphatic heterocycles. The SMILES string of the molecule is CO[C@H]1/C=C/C[C@H](C)C(NC(=O)CCc2cnn(C)c2)[S-](=O)=NC(=O)c2ccc3c(c2)N(C[C@@H]2CC[C@H]21)C[C@@]1(CCCc2cc(Cl)ccc21)CO3. The number of methoxy groups -OCH3 is 1. The van der Waals surface area contributed by atoms with Gasteiger partial charge in [0.05, 0.1) is 24.6 Å². The summed E-state index contributed by atoms with van der Waals surface area (Å²) in [6, 6.07) is 11.6. The zero-order valence-electron chi connectivity index (χ0n) is 29.6. The number of aromatic nitrogens is 2. The topological polar surface area (TPSA) is 115 Å². The van der Waals surface area contributed by atoms with Crippen LogP contribution in [0.3, 0.4) is 0 Å². The number of carbonyl (C=O) groups excluding carboxylic acids is 2. The van der Waals surface area contributed by atoms with Crippen LogP contribution in [0, 0.1) is 17.8 Å². The summed E-state index contributed by atoms with van der Waals surface area (Å²) < 4.78 is 32.4. The van der Waals surface area contributed by atoms with Crippen molar-refractivity contribution >= 4 is 39.7 Å². The minimum absolute atomic E-state index is 0.0753. The van der Waals surface area contributed by atoms with Crippen LogP contribution in [0.1, 0.15) is 72.5 Å². The van der Waals surface area contributed by atoms with Gasteiger partial charge in [0.2, 0.25) is 5.91 Å². The van der Waals surface area contributed by atoms with Crippen molar-refractivity contribution < 1.29 is 23.3 Å². The first-order valence-corrected chi connectivity index (χ1v) is 19.6. The molecule has 0 saturated heterocycles. The quantitative estimate of drug-likeness (QED) is 0.234. The molecule has 10 nitrogen and oxygen atoms in total. The Morgan fingerprint density at radius 3 is 2.84 bits per heavy atom. The average Bonchev–Trinajstić information content (AvgIpc) is 3.46. The van der Waals surface area contributed by atoms with Gasteiger partial charge in [-0.25, -0.2) is 0 Å². The van der Waals surface area contributed by atoms with Crippen molar-refractivity contribution in [2.75, 3.05) is 31.7 Å². The second-order valence-electron chi connectivity index (χ2n) is 14.8. The van der Waals surface area contributed by atoms with Gasteiger partial charge in [-0.15, -0.1) is 0 Å². The van der Waals surface area contributed by atoms with Gasteiger partial charge in [-0.05, 0) is 115 Å². The largest absolute Gasteiger partial charge is 0.490 e. The Morgan fingerprint density at radius 2 is 2.08 bits per heavy atom. The lowest BCUT2D eigenvalue weighted by Gasteiger charge is -2.46. The van der Waals surface area contributed by atoms with Gasteiger partial charge in [-0.1, -0.05) is 36.7 Å². The minimum Gasteiger partial charge on any atom is -0.490 e. The smallest absolute Gasteiger partial charge is 0.254 e. The Kier molecular flexibility index (Phi) is 10.6. The van der Waals surface area contributed by atoms with Crippen LogP contribution < -0.4 is 15.0 Å². The number of fused-ring (bicyclic) bond motifs is 4. The molecule has 3 aromatic rings. The molecule has 2 bridgehead atoms. The molecule has 0 radical (unpaired) electrons. The van der Waals surface area contributed by atoms with Crippen LogP contribution in [0.5, 0.6) is 5.75 Å². The fourth-order valence-corrected chi connectivity index (χ4v) is 9.72. The van der Waals surface area contributed by atoms with Crippen molar-refractivity contribution in [1.82, 2.24) is 15.1 Å². The summed E-state index contributed by atoms with van der Waals surface area (Å²) in [5, 5.41) is 7.02. The third-order valence-electron chi connectivity index (χ3n) is 11.4. The lowest BCUT2D eigenvalue weighted by Crippen LogP contribution is -2.49. The molecule has 1 unspecified atom stereocenters. The third-order valence-corrected chi connectivity index (χ3v) is 13.0. The number of ether oxygens (including phenoxy) is 2. The van der Waals surface area contributed by atoms with Crippen molar-refractivity contribution in [3.8, 4) is 5.75 Å². The highest BCUT2D eigenvalue weighted by Gasteiger charge is 2.44. The van der Waals surface area contributed by atoms with E-state index in [1.165, 1.54) is 11.1 Å². The number of nitrogens with zero attached hydrogens (tertiary/aromatic N) is 4. The number of amides is 2. The second-order valence-corrected chi connectivity index (χ2v) is 16.5. The number of halogens is 1. The molecule has 1 saturated carbocycles. The number of carbonyl (C=O) groups is 2. The van der Waals surface area contributed by atoms with Crippen LogP contribution in [0.2, 0.25) is 5.02 Å². The zero-order valence-corrected chi connectivity index (χ0v) is 31.1. The van der Waals surface area contributed by atoms with E-state index in [4.69, 9.17) is 21.1 Å². The first kappa shape index (κ1) is 35.7. The van der Waals surface area contributed by atoms with Crippen LogP contribution in [0.25, 0.3) is 0 Å². The average molecular weight is 733 g/mol. The fraction of sp³-hybridized carbons (Fsp3) is 0.513. The minimum atomic E-state index is -2.03. The Hall–Kier alpha value is -3.67. The molecular weight excluding hydrogens is 686 g/mol. The van der Waals surface area contributed by atoms with E-state index in [-0.39, 0.29) is 29.8 Å². The number of hydrogen-bond acceptors (Lipinski definition) is 8. The van der Waals surface area contributed by atoms with Gasteiger partial charge >= 0.3 is 0 Å². The Balaban J connectivity index is 1.23. The first-order chi connectivity index (χ1) is 24.6. The van der Waals surface area contributed by atoms with Gasteiger partial charge in [0.15, 0.2) is 0 Å². The van der Waals surface area contributed by atoms with Gasteiger partial charge in [0.1, 0.15) is 5.75 Å². The molecule has 2 aromatic carbocycles. The van der Waals surface area contributed by atoms with Gasteiger partial charge in [0.25, 0.3) is 5.91 Å². The van der Waals surface area contributed by atoms with E-state index in [1.807, 2.05) is 38.4 Å². The number of rotatable bonds is 5. The highest BCUT2D eigenvalue weighted by atomic mass is 35.5. The molecule has 1 spiro atoms. The molecule has 272 valence electrons. The van der Waals surface area contributed by atoms with Gasteiger partial charge < -0.3 is 28.3 Å². The second kappa shape index (κ2) is 15.1. The molecule has 4 aliphatic rings. The van der Waals surface area contributed by atoms with Crippen molar-refractivity contribution in [3.63, 3.8) is 0 Å². The standard InChI is InChI=1S/C39H47ClN5O5S/c1-25-6-4-8-34(49-3)31-13-10-29(31)22-45-23-39(17-5-7-27-18-30(40)12-14-32(27)39)24-50-35-15-11-28(19-33(35)45)37(47)43-51(48)38(25)42-36(46)16-9-26-20-41-44(2)21-26/h4,8,11-12,14-15,18-21,25,29,31,34,38H,5-7,9-10,13,16-17,22-24H2,1-3H3,(H,42,46)/q-1/b8-4+/t25-,29-,31+,34-,38?,39-/m0/s1. The summed E-state index contributed by atoms with van der Waals surface area (Å²) in [5.41, 5.74) is 4.43. The van der Waals surface area contributed by atoms with E-state index in [1.54, 1.807) is 24.1 Å². The Bertz CT molecular complexity index is 1910. The zero-order chi connectivity index (χ0) is 35.7. The van der Waals surface area contributed by atoms with E-state index < -0.39 is 21.9 Å². The highest BCUT2D eigenvalue weighted by Crippen LogP contribution is 2.47. The molecule has 12 heteroatoms. The van der Waals surface area contributed by atoms with E-state index in [0.29, 0.717) is 36.8 Å². The maximum Gasteiger partial charge on any atom is 0.254 e. The van der Waals surface area contributed by atoms with Crippen LogP contribution in [0.15, 0.2) is 65.3 Å².